The molecule has 1 fully saturated rings. The van der Waals surface area contributed by atoms with Gasteiger partial charge in [-0.2, -0.15) is 5.26 Å². The van der Waals surface area contributed by atoms with E-state index in [1.54, 1.807) is 18.3 Å². The number of anilines is 1. The van der Waals surface area contributed by atoms with Crippen LogP contribution in [0.1, 0.15) is 44.6 Å². The minimum Gasteiger partial charge on any atom is -0.368 e. The van der Waals surface area contributed by atoms with Gasteiger partial charge >= 0.3 is 0 Å². The van der Waals surface area contributed by atoms with Crippen LogP contribution in [0, 0.1) is 16.7 Å². The first-order valence-electron chi connectivity index (χ1n) is 6.32. The maximum absolute atomic E-state index is 8.99. The molecule has 1 N–H and O–H groups in total. The molecule has 0 atom stereocenters. The predicted octanol–water partition coefficient (Wildman–Crippen LogP) is 3.34. The van der Waals surface area contributed by atoms with Gasteiger partial charge in [-0.05, 0) is 30.4 Å². The van der Waals surface area contributed by atoms with Crippen molar-refractivity contribution in [3.8, 4) is 6.07 Å². The Morgan fingerprint density at radius 2 is 2.18 bits per heavy atom. The third-order valence-corrected chi connectivity index (χ3v) is 3.67. The second-order valence-electron chi connectivity index (χ2n) is 5.24. The number of nitrogens with one attached hydrogen (secondary N) is 1. The summed E-state index contributed by atoms with van der Waals surface area (Å²) in [5, 5.41) is 12.3. The quantitative estimate of drug-likeness (QED) is 0.864. The zero-order chi connectivity index (χ0) is 12.1. The molecule has 1 saturated carbocycles. The molecule has 1 aromatic rings. The fourth-order valence-corrected chi connectivity index (χ4v) is 2.52. The summed E-state index contributed by atoms with van der Waals surface area (Å²) in [7, 11) is 0. The van der Waals surface area contributed by atoms with Crippen LogP contribution >= 0.6 is 0 Å². The SMILES string of the molecule is CC1(CNc2ncccc2C#N)CCCCC1. The first kappa shape index (κ1) is 11.9. The molecule has 1 heterocycles. The van der Waals surface area contributed by atoms with Crippen LogP contribution in [0.15, 0.2) is 18.3 Å². The summed E-state index contributed by atoms with van der Waals surface area (Å²) in [6, 6.07) is 5.77. The fraction of sp³-hybridized carbons (Fsp3) is 0.571. The standard InChI is InChI=1S/C14H19N3/c1-14(7-3-2-4-8-14)11-17-13-12(10-15)6-5-9-16-13/h5-6,9H,2-4,7-8,11H2,1H3,(H,16,17). The Morgan fingerprint density at radius 3 is 2.88 bits per heavy atom. The van der Waals surface area contributed by atoms with Crippen molar-refractivity contribution in [1.29, 1.82) is 5.26 Å². The van der Waals surface area contributed by atoms with Gasteiger partial charge in [-0.15, -0.1) is 0 Å². The molecule has 3 nitrogen and oxygen atoms in total. The summed E-state index contributed by atoms with van der Waals surface area (Å²) in [5.41, 5.74) is 0.995. The molecule has 1 aromatic heterocycles. The van der Waals surface area contributed by atoms with Gasteiger partial charge in [0.25, 0.3) is 0 Å². The van der Waals surface area contributed by atoms with Gasteiger partial charge in [0.1, 0.15) is 11.9 Å². The van der Waals surface area contributed by atoms with Crippen molar-refractivity contribution in [2.24, 2.45) is 5.41 Å². The highest BCUT2D eigenvalue weighted by atomic mass is 15.0. The van der Waals surface area contributed by atoms with Crippen LogP contribution in [0.4, 0.5) is 5.82 Å². The minimum atomic E-state index is 0.364. The zero-order valence-corrected chi connectivity index (χ0v) is 10.4. The molecule has 17 heavy (non-hydrogen) atoms. The number of nitrogens with zero attached hydrogens (tertiary/aromatic N) is 2. The highest BCUT2D eigenvalue weighted by molar-refractivity contribution is 5.51. The van der Waals surface area contributed by atoms with E-state index in [1.165, 1.54) is 32.1 Å². The Hall–Kier alpha value is -1.56. The van der Waals surface area contributed by atoms with E-state index < -0.39 is 0 Å². The highest BCUT2D eigenvalue weighted by Gasteiger charge is 2.26. The lowest BCUT2D eigenvalue weighted by atomic mass is 9.76. The molecule has 0 aromatic carbocycles. The number of rotatable bonds is 3. The van der Waals surface area contributed by atoms with E-state index in [2.05, 4.69) is 23.3 Å². The van der Waals surface area contributed by atoms with E-state index in [4.69, 9.17) is 5.26 Å². The van der Waals surface area contributed by atoms with Crippen LogP contribution in [-0.2, 0) is 0 Å². The third-order valence-electron chi connectivity index (χ3n) is 3.67. The van der Waals surface area contributed by atoms with E-state index in [1.807, 2.05) is 0 Å². The summed E-state index contributed by atoms with van der Waals surface area (Å²) >= 11 is 0. The van der Waals surface area contributed by atoms with E-state index >= 15 is 0 Å². The predicted molar refractivity (Wildman–Crippen MR) is 68.6 cm³/mol. The van der Waals surface area contributed by atoms with Crippen LogP contribution < -0.4 is 5.32 Å². The van der Waals surface area contributed by atoms with Gasteiger partial charge in [0.2, 0.25) is 0 Å². The Kier molecular flexibility index (Phi) is 3.63. The normalized spacial score (nSPS) is 18.4. The highest BCUT2D eigenvalue weighted by Crippen LogP contribution is 2.35. The fourth-order valence-electron chi connectivity index (χ4n) is 2.52. The Morgan fingerprint density at radius 1 is 1.41 bits per heavy atom. The molecule has 0 bridgehead atoms. The summed E-state index contributed by atoms with van der Waals surface area (Å²) < 4.78 is 0. The molecule has 2 rings (SSSR count). The van der Waals surface area contributed by atoms with Gasteiger partial charge in [-0.25, -0.2) is 4.98 Å². The van der Waals surface area contributed by atoms with Gasteiger partial charge in [-0.3, -0.25) is 0 Å². The monoisotopic (exact) mass is 229 g/mol. The molecule has 3 heteroatoms. The van der Waals surface area contributed by atoms with Crippen molar-refractivity contribution >= 4 is 5.82 Å². The van der Waals surface area contributed by atoms with Gasteiger partial charge in [-0.1, -0.05) is 26.2 Å². The summed E-state index contributed by atoms with van der Waals surface area (Å²) in [5.74, 6) is 0.724. The number of nitriles is 1. The second-order valence-corrected chi connectivity index (χ2v) is 5.24. The van der Waals surface area contributed by atoms with Crippen LogP contribution in [0.3, 0.4) is 0 Å². The molecule has 1 aliphatic carbocycles. The molecule has 0 saturated heterocycles. The third kappa shape index (κ3) is 2.97. The van der Waals surface area contributed by atoms with E-state index in [0.29, 0.717) is 11.0 Å². The van der Waals surface area contributed by atoms with E-state index in [9.17, 15) is 0 Å². The number of pyridine rings is 1. The molecule has 90 valence electrons. The molecular weight excluding hydrogens is 210 g/mol. The summed E-state index contributed by atoms with van der Waals surface area (Å²) in [6.07, 6.45) is 8.29. The maximum atomic E-state index is 8.99. The molecular formula is C14H19N3. The van der Waals surface area contributed by atoms with Crippen molar-refractivity contribution in [2.75, 3.05) is 11.9 Å². The maximum Gasteiger partial charge on any atom is 0.143 e. The van der Waals surface area contributed by atoms with Gasteiger partial charge < -0.3 is 5.32 Å². The van der Waals surface area contributed by atoms with Gasteiger partial charge in [0.15, 0.2) is 0 Å². The molecule has 1 aliphatic rings. The van der Waals surface area contributed by atoms with Crippen molar-refractivity contribution in [3.63, 3.8) is 0 Å². The molecule has 0 amide bonds. The van der Waals surface area contributed by atoms with Crippen LogP contribution in [0.5, 0.6) is 0 Å². The number of aromatic nitrogens is 1. The minimum absolute atomic E-state index is 0.364. The van der Waals surface area contributed by atoms with Crippen molar-refractivity contribution < 1.29 is 0 Å². The largest absolute Gasteiger partial charge is 0.368 e. The number of hydrogen-bond donors (Lipinski definition) is 1. The topological polar surface area (TPSA) is 48.7 Å². The molecule has 0 aliphatic heterocycles. The average Bonchev–Trinajstić information content (AvgIpc) is 2.38. The first-order valence-corrected chi connectivity index (χ1v) is 6.32. The van der Waals surface area contributed by atoms with Gasteiger partial charge in [0.05, 0.1) is 5.56 Å². The average molecular weight is 229 g/mol. The Labute approximate surface area is 103 Å². The summed E-state index contributed by atoms with van der Waals surface area (Å²) in [6.45, 7) is 3.24. The van der Waals surface area contributed by atoms with Gasteiger partial charge in [0, 0.05) is 12.7 Å². The lowest BCUT2D eigenvalue weighted by Crippen LogP contribution is -2.29. The molecule has 0 unspecified atom stereocenters. The van der Waals surface area contributed by atoms with Crippen molar-refractivity contribution in [2.45, 2.75) is 39.0 Å². The Balaban J connectivity index is 2.00. The van der Waals surface area contributed by atoms with E-state index in [-0.39, 0.29) is 0 Å². The van der Waals surface area contributed by atoms with Crippen molar-refractivity contribution in [1.82, 2.24) is 4.98 Å². The lowest BCUT2D eigenvalue weighted by molar-refractivity contribution is 0.233. The molecule has 0 radical (unpaired) electrons. The van der Waals surface area contributed by atoms with Crippen molar-refractivity contribution in [3.05, 3.63) is 23.9 Å². The van der Waals surface area contributed by atoms with E-state index in [0.717, 1.165) is 12.4 Å². The molecule has 0 spiro atoms. The zero-order valence-electron chi connectivity index (χ0n) is 10.4. The smallest absolute Gasteiger partial charge is 0.143 e. The summed E-state index contributed by atoms with van der Waals surface area (Å²) in [4.78, 5) is 4.23. The lowest BCUT2D eigenvalue weighted by Gasteiger charge is -2.33. The number of hydrogen-bond acceptors (Lipinski definition) is 3. The Bertz CT molecular complexity index is 414. The van der Waals surface area contributed by atoms with Crippen LogP contribution in [0.25, 0.3) is 0 Å². The first-order chi connectivity index (χ1) is 8.23. The van der Waals surface area contributed by atoms with Crippen LogP contribution in [0.2, 0.25) is 0 Å². The second kappa shape index (κ2) is 5.18. The van der Waals surface area contributed by atoms with Crippen LogP contribution in [-0.4, -0.2) is 11.5 Å².